The summed E-state index contributed by atoms with van der Waals surface area (Å²) in [5.41, 5.74) is 4.14. The van der Waals surface area contributed by atoms with Gasteiger partial charge in [-0.15, -0.1) is 11.3 Å². The molecule has 0 aliphatic carbocycles. The molecule has 2 amide bonds. The minimum Gasteiger partial charge on any atom is -0.360 e. The maximum atomic E-state index is 13.2. The van der Waals surface area contributed by atoms with E-state index in [4.69, 9.17) is 11.6 Å². The molecule has 3 aromatic heterocycles. The summed E-state index contributed by atoms with van der Waals surface area (Å²) < 4.78 is 1.50. The van der Waals surface area contributed by atoms with Crippen LogP contribution in [0.15, 0.2) is 88.7 Å². The van der Waals surface area contributed by atoms with E-state index in [0.29, 0.717) is 27.7 Å². The number of hydrogen-bond donors (Lipinski definition) is 3. The molecule has 5 rings (SSSR count). The van der Waals surface area contributed by atoms with Crippen molar-refractivity contribution in [1.29, 1.82) is 0 Å². The number of thiazole rings is 1. The normalized spacial score (nSPS) is 11.8. The highest BCUT2D eigenvalue weighted by Crippen LogP contribution is 2.24. The number of amides is 2. The van der Waals surface area contributed by atoms with Crippen molar-refractivity contribution in [2.75, 3.05) is 5.32 Å². The van der Waals surface area contributed by atoms with Crippen LogP contribution >= 0.6 is 22.9 Å². The van der Waals surface area contributed by atoms with E-state index < -0.39 is 17.9 Å². The quantitative estimate of drug-likeness (QED) is 0.316. The second kappa shape index (κ2) is 9.57. The molecular weight excluding hydrogens is 486 g/mol. The summed E-state index contributed by atoms with van der Waals surface area (Å²) >= 11 is 7.44. The number of aromatic amines is 1. The molecule has 0 aliphatic heterocycles. The molecular formula is C25H18ClN5O3S. The molecule has 0 spiro atoms. The molecule has 10 heteroatoms. The molecule has 2 aromatic carbocycles. The molecule has 8 nitrogen and oxygen atoms in total. The molecule has 3 heterocycles. The third-order valence-corrected chi connectivity index (χ3v) is 6.33. The minimum absolute atomic E-state index is 0.157. The topological polar surface area (TPSA) is 109 Å². The lowest BCUT2D eigenvalue weighted by molar-refractivity contribution is -0.118. The van der Waals surface area contributed by atoms with E-state index in [1.54, 1.807) is 77.9 Å². The van der Waals surface area contributed by atoms with Gasteiger partial charge in [-0.2, -0.15) is 0 Å². The molecule has 0 saturated carbocycles. The number of carbonyl (C=O) groups is 2. The van der Waals surface area contributed by atoms with Crippen LogP contribution in [0.2, 0.25) is 5.02 Å². The number of nitrogens with one attached hydrogen (secondary N) is 3. The number of fused-ring (bicyclic) bond motifs is 1. The number of halogens is 1. The van der Waals surface area contributed by atoms with E-state index in [1.807, 2.05) is 0 Å². The first kappa shape index (κ1) is 22.6. The molecule has 0 saturated heterocycles. The van der Waals surface area contributed by atoms with Gasteiger partial charge in [-0.05, 0) is 42.5 Å². The molecule has 0 aliphatic rings. The molecule has 0 radical (unpaired) electrons. The summed E-state index contributed by atoms with van der Waals surface area (Å²) in [4.78, 5) is 45.4. The number of hydrogen-bond acceptors (Lipinski definition) is 5. The van der Waals surface area contributed by atoms with E-state index in [2.05, 4.69) is 20.6 Å². The fraction of sp³-hybridized carbons (Fsp3) is 0.0400. The lowest BCUT2D eigenvalue weighted by atomic mass is 10.1. The number of pyridine rings is 1. The number of carbonyl (C=O) groups excluding carboxylic acids is 2. The van der Waals surface area contributed by atoms with E-state index in [1.165, 1.54) is 22.0 Å². The third kappa shape index (κ3) is 4.72. The first-order valence-electron chi connectivity index (χ1n) is 10.5. The zero-order chi connectivity index (χ0) is 24.4. The lowest BCUT2D eigenvalue weighted by Crippen LogP contribution is -2.37. The van der Waals surface area contributed by atoms with Crippen LogP contribution < -0.4 is 16.2 Å². The van der Waals surface area contributed by atoms with Gasteiger partial charge in [0, 0.05) is 51.7 Å². The Morgan fingerprint density at radius 3 is 2.66 bits per heavy atom. The first-order chi connectivity index (χ1) is 17.0. The molecule has 3 N–H and O–H groups in total. The number of H-pyrrole nitrogens is 1. The van der Waals surface area contributed by atoms with Crippen LogP contribution in [0.1, 0.15) is 22.1 Å². The van der Waals surface area contributed by atoms with Gasteiger partial charge in [-0.3, -0.25) is 19.0 Å². The smallest absolute Gasteiger partial charge is 0.255 e. The van der Waals surface area contributed by atoms with Crippen molar-refractivity contribution < 1.29 is 9.59 Å². The summed E-state index contributed by atoms with van der Waals surface area (Å²) in [6.45, 7) is 0. The van der Waals surface area contributed by atoms with Crippen LogP contribution in [0.3, 0.4) is 0 Å². The first-order valence-corrected chi connectivity index (χ1v) is 11.9. The van der Waals surface area contributed by atoms with Crippen LogP contribution in [-0.4, -0.2) is 26.3 Å². The molecule has 174 valence electrons. The van der Waals surface area contributed by atoms with E-state index in [9.17, 15) is 14.4 Å². The predicted molar refractivity (Wildman–Crippen MR) is 136 cm³/mol. The van der Waals surface area contributed by atoms with Crippen LogP contribution in [0.5, 0.6) is 0 Å². The summed E-state index contributed by atoms with van der Waals surface area (Å²) in [5, 5.41) is 8.67. The van der Waals surface area contributed by atoms with Crippen molar-refractivity contribution in [3.8, 4) is 5.69 Å². The molecule has 1 unspecified atom stereocenters. The Balaban J connectivity index is 1.35. The summed E-state index contributed by atoms with van der Waals surface area (Å²) in [6.07, 6.45) is 3.32. The Labute approximate surface area is 208 Å². The second-order valence-corrected chi connectivity index (χ2v) is 8.79. The lowest BCUT2D eigenvalue weighted by Gasteiger charge is -2.17. The Hall–Kier alpha value is -4.21. The Bertz CT molecular complexity index is 1580. The third-order valence-electron chi connectivity index (χ3n) is 5.41. The highest BCUT2D eigenvalue weighted by atomic mass is 35.5. The zero-order valence-electron chi connectivity index (χ0n) is 18.1. The highest BCUT2D eigenvalue weighted by molar-refractivity contribution is 7.07. The fourth-order valence-corrected chi connectivity index (χ4v) is 4.44. The van der Waals surface area contributed by atoms with Gasteiger partial charge in [0.05, 0.1) is 16.2 Å². The van der Waals surface area contributed by atoms with Gasteiger partial charge in [-0.25, -0.2) is 4.98 Å². The van der Waals surface area contributed by atoms with Crippen molar-refractivity contribution >= 4 is 51.3 Å². The SMILES string of the molecule is O=C(NC(C(=O)Nc1ccc(-n2ccccc2=O)cc1)c1cscn1)c1ccc2c(Cl)c[nH]c2c1. The van der Waals surface area contributed by atoms with E-state index in [-0.39, 0.29) is 5.56 Å². The molecule has 35 heavy (non-hydrogen) atoms. The summed E-state index contributed by atoms with van der Waals surface area (Å²) in [5.74, 6) is -0.873. The molecule has 5 aromatic rings. The van der Waals surface area contributed by atoms with Crippen molar-refractivity contribution in [2.45, 2.75) is 6.04 Å². The van der Waals surface area contributed by atoms with Gasteiger partial charge in [0.15, 0.2) is 6.04 Å². The van der Waals surface area contributed by atoms with Crippen LogP contribution in [-0.2, 0) is 4.79 Å². The van der Waals surface area contributed by atoms with E-state index in [0.717, 1.165) is 10.9 Å². The van der Waals surface area contributed by atoms with Gasteiger partial charge in [0.2, 0.25) is 0 Å². The molecule has 0 fully saturated rings. The molecule has 1 atom stereocenters. The minimum atomic E-state index is -1.01. The monoisotopic (exact) mass is 503 g/mol. The fourth-order valence-electron chi connectivity index (χ4n) is 3.65. The number of aromatic nitrogens is 3. The largest absolute Gasteiger partial charge is 0.360 e. The Morgan fingerprint density at radius 1 is 1.09 bits per heavy atom. The second-order valence-electron chi connectivity index (χ2n) is 7.66. The summed E-state index contributed by atoms with van der Waals surface area (Å²) in [6, 6.07) is 15.8. The summed E-state index contributed by atoms with van der Waals surface area (Å²) in [7, 11) is 0. The Kier molecular flexibility index (Phi) is 6.17. The number of anilines is 1. The maximum absolute atomic E-state index is 13.2. The van der Waals surface area contributed by atoms with Crippen molar-refractivity contribution in [3.05, 3.63) is 111 Å². The van der Waals surface area contributed by atoms with Crippen molar-refractivity contribution in [1.82, 2.24) is 19.9 Å². The number of rotatable bonds is 6. The van der Waals surface area contributed by atoms with Crippen molar-refractivity contribution in [3.63, 3.8) is 0 Å². The van der Waals surface area contributed by atoms with Gasteiger partial charge in [0.1, 0.15) is 0 Å². The van der Waals surface area contributed by atoms with Crippen LogP contribution in [0.4, 0.5) is 5.69 Å². The standard InChI is InChI=1S/C25H18ClN5O3S/c26-19-12-27-20-11-15(4-9-18(19)20)24(33)30-23(21-13-35-14-28-21)25(34)29-16-5-7-17(8-6-16)31-10-2-1-3-22(31)32/h1-14,23,27H,(H,29,34)(H,30,33). The van der Waals surface area contributed by atoms with Crippen LogP contribution in [0, 0.1) is 0 Å². The molecule has 0 bridgehead atoms. The average Bonchev–Trinajstić information content (AvgIpc) is 3.53. The number of benzene rings is 2. The van der Waals surface area contributed by atoms with Gasteiger partial charge < -0.3 is 15.6 Å². The van der Waals surface area contributed by atoms with Gasteiger partial charge in [-0.1, -0.05) is 23.7 Å². The Morgan fingerprint density at radius 2 is 1.91 bits per heavy atom. The van der Waals surface area contributed by atoms with Crippen LogP contribution in [0.25, 0.3) is 16.6 Å². The zero-order valence-corrected chi connectivity index (χ0v) is 19.6. The van der Waals surface area contributed by atoms with Gasteiger partial charge >= 0.3 is 0 Å². The van der Waals surface area contributed by atoms with Crippen molar-refractivity contribution in [2.24, 2.45) is 0 Å². The maximum Gasteiger partial charge on any atom is 0.255 e. The van der Waals surface area contributed by atoms with Gasteiger partial charge in [0.25, 0.3) is 17.4 Å². The van der Waals surface area contributed by atoms with E-state index >= 15 is 0 Å². The average molecular weight is 504 g/mol. The number of nitrogens with zero attached hydrogens (tertiary/aromatic N) is 2. The highest BCUT2D eigenvalue weighted by Gasteiger charge is 2.25. The predicted octanol–water partition coefficient (Wildman–Crippen LogP) is 4.54.